The molecule has 1 aliphatic heterocycles. The molecule has 0 unspecified atom stereocenters. The standard InChI is InChI=1S/C23H25N5O3S/c29-32(30,15-17-2-1-6-24-14-17)16-20-13-22(28-8-10-31-11-9-28)27-23(26-20)19-3-4-21-18(12-19)5-7-25-21/h1-7,12-14,25,29-30H,8-11,15-16H2. The minimum Gasteiger partial charge on any atom is -0.378 e. The number of hydrogen-bond donors (Lipinski definition) is 3. The SMILES string of the molecule is OS(O)(Cc1cccnc1)Cc1cc(N2CCOCC2)nc(-c2ccc3[nH]ccc3c2)n1. The second-order valence-electron chi connectivity index (χ2n) is 7.87. The Morgan fingerprint density at radius 3 is 2.72 bits per heavy atom. The molecule has 5 rings (SSSR count). The summed E-state index contributed by atoms with van der Waals surface area (Å²) in [5.41, 5.74) is 3.32. The monoisotopic (exact) mass is 451 g/mol. The molecule has 3 aromatic heterocycles. The smallest absolute Gasteiger partial charge is 0.161 e. The molecule has 8 nitrogen and oxygen atoms in total. The van der Waals surface area contributed by atoms with E-state index in [1.165, 1.54) is 0 Å². The van der Waals surface area contributed by atoms with E-state index in [1.54, 1.807) is 18.5 Å². The van der Waals surface area contributed by atoms with E-state index in [-0.39, 0.29) is 11.5 Å². The van der Waals surface area contributed by atoms with Crippen LogP contribution in [0.25, 0.3) is 22.3 Å². The lowest BCUT2D eigenvalue weighted by atomic mass is 10.1. The number of nitrogens with one attached hydrogen (secondary N) is 1. The highest BCUT2D eigenvalue weighted by atomic mass is 32.3. The van der Waals surface area contributed by atoms with Crippen molar-refractivity contribution in [1.82, 2.24) is 19.9 Å². The fourth-order valence-corrected chi connectivity index (χ4v) is 5.30. The van der Waals surface area contributed by atoms with Crippen molar-refractivity contribution in [1.29, 1.82) is 0 Å². The Kier molecular flexibility index (Phi) is 5.79. The molecule has 0 saturated carbocycles. The summed E-state index contributed by atoms with van der Waals surface area (Å²) >= 11 is 0. The Hall–Kier alpha value is -2.98. The fraction of sp³-hybridized carbons (Fsp3) is 0.261. The number of H-pyrrole nitrogens is 1. The normalized spacial score (nSPS) is 15.2. The zero-order chi connectivity index (χ0) is 22.0. The van der Waals surface area contributed by atoms with E-state index < -0.39 is 10.6 Å². The molecule has 1 saturated heterocycles. The number of hydrogen-bond acceptors (Lipinski definition) is 7. The number of benzene rings is 1. The highest BCUT2D eigenvalue weighted by Gasteiger charge is 2.20. The lowest BCUT2D eigenvalue weighted by Gasteiger charge is -2.33. The summed E-state index contributed by atoms with van der Waals surface area (Å²) < 4.78 is 27.1. The molecule has 4 heterocycles. The van der Waals surface area contributed by atoms with Crippen LogP contribution < -0.4 is 4.90 Å². The molecule has 166 valence electrons. The first-order valence-electron chi connectivity index (χ1n) is 10.5. The van der Waals surface area contributed by atoms with Crippen molar-refractivity contribution >= 4 is 27.3 Å². The van der Waals surface area contributed by atoms with Crippen LogP contribution in [0.3, 0.4) is 0 Å². The van der Waals surface area contributed by atoms with Gasteiger partial charge in [-0.15, -0.1) is 0 Å². The van der Waals surface area contributed by atoms with Crippen LogP contribution in [0, 0.1) is 0 Å². The van der Waals surface area contributed by atoms with Crippen LogP contribution in [-0.4, -0.2) is 55.3 Å². The number of aromatic amines is 1. The summed E-state index contributed by atoms with van der Waals surface area (Å²) in [4.78, 5) is 19.0. The van der Waals surface area contributed by atoms with Gasteiger partial charge < -0.3 is 14.6 Å². The lowest BCUT2D eigenvalue weighted by Crippen LogP contribution is -2.37. The van der Waals surface area contributed by atoms with Gasteiger partial charge in [-0.2, -0.15) is 10.6 Å². The van der Waals surface area contributed by atoms with Gasteiger partial charge in [-0.1, -0.05) is 6.07 Å². The van der Waals surface area contributed by atoms with Gasteiger partial charge in [0.25, 0.3) is 0 Å². The van der Waals surface area contributed by atoms with E-state index in [4.69, 9.17) is 14.7 Å². The van der Waals surface area contributed by atoms with Crippen molar-refractivity contribution in [3.8, 4) is 11.4 Å². The average molecular weight is 452 g/mol. The molecule has 0 atom stereocenters. The quantitative estimate of drug-likeness (QED) is 0.401. The Bertz CT molecular complexity index is 1210. The maximum Gasteiger partial charge on any atom is 0.161 e. The summed E-state index contributed by atoms with van der Waals surface area (Å²) in [7, 11) is -2.94. The molecule has 32 heavy (non-hydrogen) atoms. The maximum absolute atomic E-state index is 10.8. The van der Waals surface area contributed by atoms with Crippen molar-refractivity contribution < 1.29 is 13.8 Å². The number of nitrogens with zero attached hydrogens (tertiary/aromatic N) is 4. The van der Waals surface area contributed by atoms with Crippen LogP contribution in [0.2, 0.25) is 0 Å². The molecule has 9 heteroatoms. The summed E-state index contributed by atoms with van der Waals surface area (Å²) in [6, 6.07) is 13.5. The summed E-state index contributed by atoms with van der Waals surface area (Å²) in [6.07, 6.45) is 5.23. The first kappa shape index (κ1) is 20.9. The fourth-order valence-electron chi connectivity index (χ4n) is 3.87. The molecule has 0 bridgehead atoms. The van der Waals surface area contributed by atoms with Crippen molar-refractivity contribution in [3.05, 3.63) is 72.3 Å². The van der Waals surface area contributed by atoms with Crippen molar-refractivity contribution in [3.63, 3.8) is 0 Å². The van der Waals surface area contributed by atoms with Crippen LogP contribution in [0.15, 0.2) is 61.1 Å². The van der Waals surface area contributed by atoms with Crippen LogP contribution >= 0.6 is 10.6 Å². The minimum atomic E-state index is -2.94. The molecule has 1 fully saturated rings. The molecule has 1 aromatic carbocycles. The van der Waals surface area contributed by atoms with E-state index in [9.17, 15) is 9.11 Å². The third-order valence-electron chi connectivity index (χ3n) is 5.41. The molecular formula is C23H25N5O3S. The third kappa shape index (κ3) is 4.76. The molecule has 1 aliphatic rings. The van der Waals surface area contributed by atoms with Crippen molar-refractivity contribution in [2.75, 3.05) is 31.2 Å². The van der Waals surface area contributed by atoms with Gasteiger partial charge in [-0.25, -0.2) is 9.97 Å². The van der Waals surface area contributed by atoms with Crippen LogP contribution in [0.4, 0.5) is 5.82 Å². The second kappa shape index (κ2) is 8.87. The van der Waals surface area contributed by atoms with Gasteiger partial charge in [0, 0.05) is 54.2 Å². The van der Waals surface area contributed by atoms with Crippen molar-refractivity contribution in [2.45, 2.75) is 11.5 Å². The van der Waals surface area contributed by atoms with E-state index in [0.717, 1.165) is 40.9 Å². The largest absolute Gasteiger partial charge is 0.378 e. The van der Waals surface area contributed by atoms with Crippen LogP contribution in [0.1, 0.15) is 11.3 Å². The topological polar surface area (TPSA) is 107 Å². The number of morpholine rings is 1. The maximum atomic E-state index is 10.8. The highest BCUT2D eigenvalue weighted by Crippen LogP contribution is 2.46. The zero-order valence-electron chi connectivity index (χ0n) is 17.5. The van der Waals surface area contributed by atoms with Gasteiger partial charge in [0.05, 0.1) is 30.4 Å². The van der Waals surface area contributed by atoms with E-state index in [2.05, 4.69) is 14.9 Å². The number of ether oxygens (including phenoxy) is 1. The van der Waals surface area contributed by atoms with Crippen LogP contribution in [-0.2, 0) is 16.2 Å². The molecular weight excluding hydrogens is 426 g/mol. The van der Waals surface area contributed by atoms with Gasteiger partial charge >= 0.3 is 0 Å². The Morgan fingerprint density at radius 1 is 1.03 bits per heavy atom. The molecule has 0 spiro atoms. The summed E-state index contributed by atoms with van der Waals surface area (Å²) in [5, 5.41) is 1.07. The number of anilines is 1. The first-order chi connectivity index (χ1) is 15.6. The predicted molar refractivity (Wildman–Crippen MR) is 127 cm³/mol. The number of fused-ring (bicyclic) bond motifs is 1. The number of rotatable bonds is 6. The first-order valence-corrected chi connectivity index (χ1v) is 12.3. The highest BCUT2D eigenvalue weighted by molar-refractivity contribution is 8.22. The number of pyridine rings is 1. The third-order valence-corrected chi connectivity index (χ3v) is 6.97. The summed E-state index contributed by atoms with van der Waals surface area (Å²) in [6.45, 7) is 2.75. The van der Waals surface area contributed by atoms with Crippen molar-refractivity contribution in [2.24, 2.45) is 0 Å². The Balaban J connectivity index is 1.49. The average Bonchev–Trinajstić information content (AvgIpc) is 3.27. The molecule has 0 amide bonds. The lowest BCUT2D eigenvalue weighted by molar-refractivity contribution is 0.122. The Morgan fingerprint density at radius 2 is 1.91 bits per heavy atom. The molecule has 4 aromatic rings. The number of aromatic nitrogens is 4. The molecule has 0 radical (unpaired) electrons. The van der Waals surface area contributed by atoms with Gasteiger partial charge in [0.1, 0.15) is 5.82 Å². The summed E-state index contributed by atoms with van der Waals surface area (Å²) in [5.74, 6) is 1.55. The van der Waals surface area contributed by atoms with Gasteiger partial charge in [-0.05, 0) is 35.9 Å². The second-order valence-corrected chi connectivity index (χ2v) is 10.1. The predicted octanol–water partition coefficient (Wildman–Crippen LogP) is 4.31. The van der Waals surface area contributed by atoms with Crippen LogP contribution in [0.5, 0.6) is 0 Å². The minimum absolute atomic E-state index is 0.0567. The molecule has 0 aliphatic carbocycles. The Labute approximate surface area is 187 Å². The van der Waals surface area contributed by atoms with E-state index in [0.29, 0.717) is 24.7 Å². The van der Waals surface area contributed by atoms with E-state index in [1.807, 2.05) is 42.6 Å². The zero-order valence-corrected chi connectivity index (χ0v) is 18.3. The molecule has 3 N–H and O–H groups in total. The van der Waals surface area contributed by atoms with Gasteiger partial charge in [0.15, 0.2) is 5.82 Å². The van der Waals surface area contributed by atoms with E-state index >= 15 is 0 Å². The van der Waals surface area contributed by atoms with Gasteiger partial charge in [-0.3, -0.25) is 14.1 Å². The van der Waals surface area contributed by atoms with Gasteiger partial charge in [0.2, 0.25) is 0 Å².